The van der Waals surface area contributed by atoms with Gasteiger partial charge in [0.1, 0.15) is 18.3 Å². The smallest absolute Gasteiger partial charge is 0.338 e. The highest BCUT2D eigenvalue weighted by molar-refractivity contribution is 5.97. The van der Waals surface area contributed by atoms with Gasteiger partial charge in [0.05, 0.1) is 12.7 Å². The molecule has 0 radical (unpaired) electrons. The molecular weight excluding hydrogens is 344 g/mol. The van der Waals surface area contributed by atoms with Gasteiger partial charge in [-0.3, -0.25) is 9.59 Å². The third-order valence-corrected chi connectivity index (χ3v) is 4.15. The van der Waals surface area contributed by atoms with Crippen molar-refractivity contribution in [2.24, 2.45) is 5.92 Å². The third kappa shape index (κ3) is 8.49. The Morgan fingerprint density at radius 2 is 1.67 bits per heavy atom. The summed E-state index contributed by atoms with van der Waals surface area (Å²) in [6, 6.07) is 8.88. The van der Waals surface area contributed by atoms with Crippen LogP contribution in [0.1, 0.15) is 50.4 Å². The fourth-order valence-electron chi connectivity index (χ4n) is 2.43. The first-order valence-corrected chi connectivity index (χ1v) is 8.96. The number of benzene rings is 1. The van der Waals surface area contributed by atoms with Crippen molar-refractivity contribution in [1.29, 1.82) is 0 Å². The maximum atomic E-state index is 11.9. The van der Waals surface area contributed by atoms with Gasteiger partial charge in [-0.25, -0.2) is 4.79 Å². The highest BCUT2D eigenvalue weighted by atomic mass is 16.5. The molecule has 0 aliphatic carbocycles. The first-order chi connectivity index (χ1) is 12.8. The zero-order valence-electron chi connectivity index (χ0n) is 16.5. The van der Waals surface area contributed by atoms with E-state index in [-0.39, 0.29) is 18.4 Å². The number of esters is 2. The molecule has 0 heterocycles. The number of carbonyl (C=O) groups is 3. The van der Waals surface area contributed by atoms with E-state index in [1.165, 1.54) is 14.0 Å². The highest BCUT2D eigenvalue weighted by Crippen LogP contribution is 2.14. The summed E-state index contributed by atoms with van der Waals surface area (Å²) in [6.45, 7) is 5.53. The van der Waals surface area contributed by atoms with E-state index >= 15 is 0 Å². The molecular formula is C22H28O5. The van der Waals surface area contributed by atoms with Crippen LogP contribution < -0.4 is 0 Å². The number of ketones is 1. The molecule has 146 valence electrons. The number of methoxy groups -OCH3 is 1. The fraction of sp³-hybridized carbons (Fsp3) is 0.409. The number of hydrogen-bond acceptors (Lipinski definition) is 5. The van der Waals surface area contributed by atoms with Crippen molar-refractivity contribution in [2.45, 2.75) is 40.0 Å². The standard InChI is InChI=1S/C22H28O5/c1-16(13-14-20(18(3)23)22(25)26-4)9-8-10-17(2)15-27-21(24)19-11-6-5-7-12-19/h5-7,10-13,20H,8-9,14-15H2,1-4H3. The maximum absolute atomic E-state index is 11.9. The van der Waals surface area contributed by atoms with Gasteiger partial charge in [0.15, 0.2) is 0 Å². The lowest BCUT2D eigenvalue weighted by Crippen LogP contribution is -2.22. The molecule has 0 amide bonds. The molecule has 5 nitrogen and oxygen atoms in total. The number of carbonyl (C=O) groups excluding carboxylic acids is 3. The molecule has 27 heavy (non-hydrogen) atoms. The van der Waals surface area contributed by atoms with E-state index in [0.29, 0.717) is 12.0 Å². The number of hydrogen-bond donors (Lipinski definition) is 0. The minimum atomic E-state index is -0.736. The predicted octanol–water partition coefficient (Wildman–Crippen LogP) is 4.28. The summed E-state index contributed by atoms with van der Waals surface area (Å²) in [6.07, 6.45) is 5.88. The SMILES string of the molecule is COC(=O)C(CC=C(C)CCC=C(C)COC(=O)c1ccccc1)C(C)=O. The highest BCUT2D eigenvalue weighted by Gasteiger charge is 2.22. The van der Waals surface area contributed by atoms with Crippen molar-refractivity contribution in [3.05, 3.63) is 59.2 Å². The van der Waals surface area contributed by atoms with Crippen molar-refractivity contribution in [2.75, 3.05) is 13.7 Å². The Labute approximate surface area is 161 Å². The van der Waals surface area contributed by atoms with E-state index in [1.807, 2.05) is 32.1 Å². The van der Waals surface area contributed by atoms with Crippen LogP contribution in [0.5, 0.6) is 0 Å². The molecule has 0 aromatic heterocycles. The van der Waals surface area contributed by atoms with Crippen LogP contribution in [0.3, 0.4) is 0 Å². The molecule has 0 saturated carbocycles. The van der Waals surface area contributed by atoms with E-state index in [2.05, 4.69) is 4.74 Å². The van der Waals surface area contributed by atoms with E-state index in [0.717, 1.165) is 24.0 Å². The number of allylic oxidation sites excluding steroid dienone is 3. The first-order valence-electron chi connectivity index (χ1n) is 8.96. The largest absolute Gasteiger partial charge is 0.468 e. The summed E-state index contributed by atoms with van der Waals surface area (Å²) in [7, 11) is 1.28. The Bertz CT molecular complexity index is 701. The lowest BCUT2D eigenvalue weighted by Gasteiger charge is -2.09. The van der Waals surface area contributed by atoms with Gasteiger partial charge in [0.2, 0.25) is 0 Å². The minimum Gasteiger partial charge on any atom is -0.468 e. The zero-order chi connectivity index (χ0) is 20.2. The molecule has 1 unspecified atom stereocenters. The molecule has 5 heteroatoms. The summed E-state index contributed by atoms with van der Waals surface area (Å²) >= 11 is 0. The Morgan fingerprint density at radius 3 is 2.26 bits per heavy atom. The Hall–Kier alpha value is -2.69. The number of Topliss-reactive ketones (excluding diaryl/α,β-unsaturated/α-hetero) is 1. The van der Waals surface area contributed by atoms with Crippen LogP contribution in [0.2, 0.25) is 0 Å². The quantitative estimate of drug-likeness (QED) is 0.348. The van der Waals surface area contributed by atoms with Crippen molar-refractivity contribution >= 4 is 17.7 Å². The summed E-state index contributed by atoms with van der Waals surface area (Å²) in [4.78, 5) is 35.0. The molecule has 1 aromatic carbocycles. The van der Waals surface area contributed by atoms with Crippen LogP contribution >= 0.6 is 0 Å². The van der Waals surface area contributed by atoms with Crippen LogP contribution in [0.15, 0.2) is 53.6 Å². The van der Waals surface area contributed by atoms with Crippen molar-refractivity contribution in [1.82, 2.24) is 0 Å². The second-order valence-corrected chi connectivity index (χ2v) is 6.50. The van der Waals surface area contributed by atoms with Gasteiger partial charge >= 0.3 is 11.9 Å². The fourth-order valence-corrected chi connectivity index (χ4v) is 2.43. The third-order valence-electron chi connectivity index (χ3n) is 4.15. The lowest BCUT2D eigenvalue weighted by molar-refractivity contribution is -0.148. The van der Waals surface area contributed by atoms with Gasteiger partial charge in [-0.2, -0.15) is 0 Å². The second kappa shape index (κ2) is 11.8. The summed E-state index contributed by atoms with van der Waals surface area (Å²) in [5, 5.41) is 0. The molecule has 0 aliphatic heterocycles. The van der Waals surface area contributed by atoms with Crippen molar-refractivity contribution in [3.63, 3.8) is 0 Å². The van der Waals surface area contributed by atoms with Crippen molar-refractivity contribution < 1.29 is 23.9 Å². The van der Waals surface area contributed by atoms with Crippen LogP contribution in [0.4, 0.5) is 0 Å². The molecule has 0 saturated heterocycles. The summed E-state index contributed by atoms with van der Waals surface area (Å²) in [5.41, 5.74) is 2.61. The molecule has 0 spiro atoms. The van der Waals surface area contributed by atoms with Gasteiger partial charge in [-0.1, -0.05) is 35.9 Å². The first kappa shape index (κ1) is 22.4. The Balaban J connectivity index is 2.42. The normalized spacial score (nSPS) is 13.0. The summed E-state index contributed by atoms with van der Waals surface area (Å²) < 4.78 is 9.94. The lowest BCUT2D eigenvalue weighted by atomic mass is 9.99. The van der Waals surface area contributed by atoms with Gasteiger partial charge in [0.25, 0.3) is 0 Å². The maximum Gasteiger partial charge on any atom is 0.338 e. The van der Waals surface area contributed by atoms with Crippen LogP contribution in [0.25, 0.3) is 0 Å². The van der Waals surface area contributed by atoms with Crippen LogP contribution in [-0.4, -0.2) is 31.4 Å². The van der Waals surface area contributed by atoms with Gasteiger partial charge in [-0.15, -0.1) is 0 Å². The van der Waals surface area contributed by atoms with Crippen LogP contribution in [-0.2, 0) is 19.1 Å². The number of rotatable bonds is 10. The second-order valence-electron chi connectivity index (χ2n) is 6.50. The monoisotopic (exact) mass is 372 g/mol. The summed E-state index contributed by atoms with van der Waals surface area (Å²) in [5.74, 6) is -1.76. The van der Waals surface area contributed by atoms with E-state index < -0.39 is 11.9 Å². The van der Waals surface area contributed by atoms with E-state index in [1.54, 1.807) is 24.3 Å². The van der Waals surface area contributed by atoms with Crippen LogP contribution in [0, 0.1) is 5.92 Å². The Morgan fingerprint density at radius 1 is 1.00 bits per heavy atom. The molecule has 0 bridgehead atoms. The molecule has 0 fully saturated rings. The predicted molar refractivity (Wildman–Crippen MR) is 104 cm³/mol. The zero-order valence-corrected chi connectivity index (χ0v) is 16.5. The topological polar surface area (TPSA) is 69.7 Å². The van der Waals surface area contributed by atoms with Gasteiger partial charge < -0.3 is 9.47 Å². The van der Waals surface area contributed by atoms with E-state index in [4.69, 9.17) is 4.74 Å². The minimum absolute atomic E-state index is 0.193. The van der Waals surface area contributed by atoms with E-state index in [9.17, 15) is 14.4 Å². The van der Waals surface area contributed by atoms with Gasteiger partial charge in [-0.05, 0) is 57.7 Å². The Kier molecular flexibility index (Phi) is 9.80. The molecule has 1 aromatic rings. The van der Waals surface area contributed by atoms with Crippen molar-refractivity contribution in [3.8, 4) is 0 Å². The average Bonchev–Trinajstić information content (AvgIpc) is 2.66. The molecule has 0 aliphatic rings. The van der Waals surface area contributed by atoms with Gasteiger partial charge in [0, 0.05) is 0 Å². The average molecular weight is 372 g/mol. The molecule has 1 rings (SSSR count). The molecule has 0 N–H and O–H groups in total. The molecule has 1 atom stereocenters. The number of ether oxygens (including phenoxy) is 2.